The Hall–Kier alpha value is -3.00. The fourth-order valence-electron chi connectivity index (χ4n) is 2.65. The number of sulfonamides is 1. The highest BCUT2D eigenvalue weighted by Crippen LogP contribution is 2.29. The van der Waals surface area contributed by atoms with Crippen LogP contribution in [0.5, 0.6) is 0 Å². The van der Waals surface area contributed by atoms with E-state index in [-0.39, 0.29) is 16.4 Å². The normalized spacial score (nSPS) is 11.4. The third kappa shape index (κ3) is 5.43. The Balaban J connectivity index is 1.66. The van der Waals surface area contributed by atoms with E-state index < -0.39 is 39.6 Å². The lowest BCUT2D eigenvalue weighted by Gasteiger charge is -2.08. The van der Waals surface area contributed by atoms with E-state index in [1.807, 2.05) is 4.72 Å². The Morgan fingerprint density at radius 3 is 2.75 bits per heavy atom. The van der Waals surface area contributed by atoms with Crippen molar-refractivity contribution in [3.63, 3.8) is 0 Å². The van der Waals surface area contributed by atoms with Gasteiger partial charge in [-0.25, -0.2) is 13.4 Å². The summed E-state index contributed by atoms with van der Waals surface area (Å²) in [6.45, 7) is -1.14. The number of fused-ring (bicyclic) bond motifs is 1. The molecule has 1 heterocycles. The highest BCUT2D eigenvalue weighted by Gasteiger charge is 2.22. The number of carbonyl (C=O) groups is 1. The molecule has 3 aromatic rings. The van der Waals surface area contributed by atoms with Gasteiger partial charge in [-0.1, -0.05) is 11.6 Å². The average Bonchev–Trinajstić information content (AvgIpc) is 2.75. The maximum Gasteiger partial charge on any atom is 0.321 e. The first-order valence-corrected chi connectivity index (χ1v) is 11.9. The molecule has 0 aliphatic heterocycles. The second-order valence-corrected chi connectivity index (χ2v) is 9.30. The van der Waals surface area contributed by atoms with E-state index in [0.717, 1.165) is 17.8 Å². The number of nitro benzene ring substituents is 1. The van der Waals surface area contributed by atoms with E-state index in [4.69, 9.17) is 16.3 Å². The van der Waals surface area contributed by atoms with Crippen LogP contribution in [0.4, 0.5) is 5.69 Å². The standard InChI is InChI=1S/C18H15ClN4O7S2/c1-31-15-5-3-11(7-14(15)23(26)27)32(28,29)20-8-17(24)30-9-16-21-13-6-10(19)2-4-12(13)18(25)22-16/h2-7,20H,8-9H2,1H3,(H,21,22,25). The number of hydrogen-bond donors (Lipinski definition) is 2. The first-order chi connectivity index (χ1) is 15.1. The van der Waals surface area contributed by atoms with Gasteiger partial charge in [0.05, 0.1) is 25.6 Å². The summed E-state index contributed by atoms with van der Waals surface area (Å²) in [7, 11) is -4.21. The molecule has 3 rings (SSSR count). The zero-order chi connectivity index (χ0) is 23.5. The zero-order valence-corrected chi connectivity index (χ0v) is 18.7. The summed E-state index contributed by atoms with van der Waals surface area (Å²) in [6, 6.07) is 7.94. The highest BCUT2D eigenvalue weighted by atomic mass is 35.5. The molecule has 0 aliphatic carbocycles. The molecule has 0 saturated carbocycles. The first kappa shape index (κ1) is 23.7. The number of aromatic amines is 1. The lowest BCUT2D eigenvalue weighted by atomic mass is 10.2. The van der Waals surface area contributed by atoms with Crippen molar-refractivity contribution in [3.8, 4) is 0 Å². The Bertz CT molecular complexity index is 1380. The summed E-state index contributed by atoms with van der Waals surface area (Å²) in [6.07, 6.45) is 1.62. The Morgan fingerprint density at radius 1 is 1.31 bits per heavy atom. The molecule has 11 nitrogen and oxygen atoms in total. The quantitative estimate of drug-likeness (QED) is 0.205. The summed E-state index contributed by atoms with van der Waals surface area (Å²) < 4.78 is 31.7. The molecular formula is C18H15ClN4O7S2. The molecule has 0 saturated heterocycles. The molecule has 0 amide bonds. The van der Waals surface area contributed by atoms with Crippen molar-refractivity contribution in [1.82, 2.24) is 14.7 Å². The number of ether oxygens (including phenoxy) is 1. The van der Waals surface area contributed by atoms with Gasteiger partial charge in [-0.15, -0.1) is 11.8 Å². The van der Waals surface area contributed by atoms with Crippen molar-refractivity contribution in [2.24, 2.45) is 0 Å². The molecule has 0 bridgehead atoms. The van der Waals surface area contributed by atoms with Crippen LogP contribution in [-0.2, 0) is 26.2 Å². The van der Waals surface area contributed by atoms with E-state index in [1.165, 1.54) is 30.3 Å². The fourth-order valence-corrected chi connectivity index (χ4v) is 4.35. The van der Waals surface area contributed by atoms with Gasteiger partial charge in [0.25, 0.3) is 11.2 Å². The number of carbonyl (C=O) groups excluding carboxylic acids is 1. The largest absolute Gasteiger partial charge is 0.457 e. The minimum Gasteiger partial charge on any atom is -0.457 e. The van der Waals surface area contributed by atoms with Crippen LogP contribution in [0.25, 0.3) is 10.9 Å². The maximum absolute atomic E-state index is 12.4. The highest BCUT2D eigenvalue weighted by molar-refractivity contribution is 7.98. The number of aromatic nitrogens is 2. The van der Waals surface area contributed by atoms with Gasteiger partial charge in [-0.05, 0) is 36.6 Å². The minimum absolute atomic E-state index is 0.0456. The molecule has 0 radical (unpaired) electrons. The van der Waals surface area contributed by atoms with Crippen LogP contribution in [0.15, 0.2) is 51.0 Å². The minimum atomic E-state index is -4.21. The monoisotopic (exact) mass is 498 g/mol. The second-order valence-electron chi connectivity index (χ2n) is 6.25. The molecule has 2 N–H and O–H groups in total. The molecule has 32 heavy (non-hydrogen) atoms. The van der Waals surface area contributed by atoms with Crippen molar-refractivity contribution in [3.05, 3.63) is 67.7 Å². The SMILES string of the molecule is CSc1ccc(S(=O)(=O)NCC(=O)OCc2nc3cc(Cl)ccc3c(=O)[nH]2)cc1[N+](=O)[O-]. The molecular weight excluding hydrogens is 484 g/mol. The van der Waals surface area contributed by atoms with E-state index in [2.05, 4.69) is 9.97 Å². The number of esters is 1. The van der Waals surface area contributed by atoms with Gasteiger partial charge in [-0.3, -0.25) is 19.7 Å². The number of rotatable bonds is 8. The maximum atomic E-state index is 12.4. The Labute approximate surface area is 190 Å². The van der Waals surface area contributed by atoms with Crippen molar-refractivity contribution in [1.29, 1.82) is 0 Å². The van der Waals surface area contributed by atoms with E-state index >= 15 is 0 Å². The summed E-state index contributed by atoms with van der Waals surface area (Å²) in [5, 5.41) is 11.8. The summed E-state index contributed by atoms with van der Waals surface area (Å²) >= 11 is 6.99. The molecule has 0 spiro atoms. The molecule has 0 unspecified atom stereocenters. The lowest BCUT2D eigenvalue weighted by molar-refractivity contribution is -0.387. The molecule has 0 fully saturated rings. The van der Waals surface area contributed by atoms with Crippen molar-refractivity contribution in [2.75, 3.05) is 12.8 Å². The van der Waals surface area contributed by atoms with Gasteiger partial charge < -0.3 is 9.72 Å². The molecule has 168 valence electrons. The molecule has 0 aliphatic rings. The van der Waals surface area contributed by atoms with Gasteiger partial charge in [0.15, 0.2) is 0 Å². The van der Waals surface area contributed by atoms with Crippen molar-refractivity contribution < 1.29 is 22.9 Å². The van der Waals surface area contributed by atoms with Gasteiger partial charge >= 0.3 is 5.97 Å². The van der Waals surface area contributed by atoms with Crippen LogP contribution < -0.4 is 10.3 Å². The Kier molecular flexibility index (Phi) is 7.13. The molecule has 14 heteroatoms. The van der Waals surface area contributed by atoms with Crippen LogP contribution in [0.1, 0.15) is 5.82 Å². The van der Waals surface area contributed by atoms with Crippen LogP contribution in [0, 0.1) is 10.1 Å². The van der Waals surface area contributed by atoms with Crippen LogP contribution in [0.2, 0.25) is 5.02 Å². The number of nitro groups is 1. The molecule has 2 aromatic carbocycles. The number of nitrogens with one attached hydrogen (secondary N) is 2. The summed E-state index contributed by atoms with van der Waals surface area (Å²) in [5.41, 5.74) is -0.508. The van der Waals surface area contributed by atoms with Crippen molar-refractivity contribution >= 4 is 55.9 Å². The fraction of sp³-hybridized carbons (Fsp3) is 0.167. The van der Waals surface area contributed by atoms with E-state index in [9.17, 15) is 28.1 Å². The predicted octanol–water partition coefficient (Wildman–Crippen LogP) is 2.23. The van der Waals surface area contributed by atoms with Gasteiger partial charge in [-0.2, -0.15) is 4.72 Å². The number of hydrogen-bond acceptors (Lipinski definition) is 9. The van der Waals surface area contributed by atoms with Gasteiger partial charge in [0, 0.05) is 11.1 Å². The van der Waals surface area contributed by atoms with E-state index in [0.29, 0.717) is 20.8 Å². The van der Waals surface area contributed by atoms with Crippen LogP contribution in [0.3, 0.4) is 0 Å². The second kappa shape index (κ2) is 9.65. The third-order valence-electron chi connectivity index (χ3n) is 4.15. The number of H-pyrrole nitrogens is 1. The number of thioether (sulfide) groups is 1. The van der Waals surface area contributed by atoms with E-state index in [1.54, 1.807) is 6.26 Å². The number of nitrogens with zero attached hydrogens (tertiary/aromatic N) is 2. The average molecular weight is 499 g/mol. The smallest absolute Gasteiger partial charge is 0.321 e. The van der Waals surface area contributed by atoms with Gasteiger partial charge in [0.1, 0.15) is 19.0 Å². The first-order valence-electron chi connectivity index (χ1n) is 8.77. The van der Waals surface area contributed by atoms with Crippen LogP contribution >= 0.6 is 23.4 Å². The lowest BCUT2D eigenvalue weighted by Crippen LogP contribution is -2.31. The van der Waals surface area contributed by atoms with Gasteiger partial charge in [0.2, 0.25) is 10.0 Å². The predicted molar refractivity (Wildman–Crippen MR) is 117 cm³/mol. The number of benzene rings is 2. The zero-order valence-electron chi connectivity index (χ0n) is 16.3. The number of halogens is 1. The third-order valence-corrected chi connectivity index (χ3v) is 6.57. The summed E-state index contributed by atoms with van der Waals surface area (Å²) in [4.78, 5) is 41.0. The molecule has 0 atom stereocenters. The topological polar surface area (TPSA) is 161 Å². The van der Waals surface area contributed by atoms with Crippen molar-refractivity contribution in [2.45, 2.75) is 16.4 Å². The Morgan fingerprint density at radius 2 is 2.06 bits per heavy atom. The summed E-state index contributed by atoms with van der Waals surface area (Å²) in [5.74, 6) is -0.901. The van der Waals surface area contributed by atoms with Crippen LogP contribution in [-0.4, -0.2) is 42.1 Å². The molecule has 1 aromatic heterocycles.